The first-order valence-electron chi connectivity index (χ1n) is 5.44. The van der Waals surface area contributed by atoms with Gasteiger partial charge in [0, 0.05) is 5.56 Å². The van der Waals surface area contributed by atoms with Gasteiger partial charge in [-0.2, -0.15) is 0 Å². The Kier molecular flexibility index (Phi) is 3.89. The molecule has 3 nitrogen and oxygen atoms in total. The second-order valence-electron chi connectivity index (χ2n) is 3.77. The highest BCUT2D eigenvalue weighted by Crippen LogP contribution is 2.19. The van der Waals surface area contributed by atoms with Crippen molar-refractivity contribution in [3.8, 4) is 0 Å². The van der Waals surface area contributed by atoms with Crippen molar-refractivity contribution in [2.75, 3.05) is 7.11 Å². The third kappa shape index (κ3) is 2.84. The minimum atomic E-state index is -0.300. The fourth-order valence-corrected chi connectivity index (χ4v) is 2.43. The molecule has 0 bridgehead atoms. The lowest BCUT2D eigenvalue weighted by Gasteiger charge is -1.97. The molecule has 18 heavy (non-hydrogen) atoms. The number of carbonyl (C=O) groups excluding carboxylic acids is 2. The Bertz CT molecular complexity index is 557. The van der Waals surface area contributed by atoms with Crippen LogP contribution in [0.3, 0.4) is 0 Å². The zero-order valence-corrected chi connectivity index (χ0v) is 10.7. The molecule has 0 N–H and O–H groups in total. The third-order valence-corrected chi connectivity index (χ3v) is 3.47. The Labute approximate surface area is 109 Å². The highest BCUT2D eigenvalue weighted by atomic mass is 32.1. The molecule has 0 spiro atoms. The number of hydrogen-bond donors (Lipinski definition) is 0. The number of methoxy groups -OCH3 is 1. The standard InChI is InChI=1S/C14H12O3S/c1-17-13(15)8-10-7-12(18-9-10)14(16)11-5-3-2-4-6-11/h2-7,9H,8H2,1H3. The number of rotatable bonds is 4. The van der Waals surface area contributed by atoms with Gasteiger partial charge in [0.15, 0.2) is 0 Å². The summed E-state index contributed by atoms with van der Waals surface area (Å²) in [6.07, 6.45) is 0.203. The van der Waals surface area contributed by atoms with Gasteiger partial charge >= 0.3 is 5.97 Å². The molecule has 0 aliphatic heterocycles. The van der Waals surface area contributed by atoms with Crippen LogP contribution in [-0.2, 0) is 16.0 Å². The van der Waals surface area contributed by atoms with Crippen LogP contribution in [0.1, 0.15) is 20.8 Å². The molecule has 0 fully saturated rings. The van der Waals surface area contributed by atoms with Gasteiger partial charge in [0.05, 0.1) is 18.4 Å². The predicted molar refractivity (Wildman–Crippen MR) is 69.9 cm³/mol. The number of hydrogen-bond acceptors (Lipinski definition) is 4. The average molecular weight is 260 g/mol. The SMILES string of the molecule is COC(=O)Cc1csc(C(=O)c2ccccc2)c1. The van der Waals surface area contributed by atoms with Gasteiger partial charge in [-0.05, 0) is 17.0 Å². The van der Waals surface area contributed by atoms with Crippen LogP contribution in [0.25, 0.3) is 0 Å². The van der Waals surface area contributed by atoms with Crippen LogP contribution in [0.5, 0.6) is 0 Å². The minimum Gasteiger partial charge on any atom is -0.469 e. The van der Waals surface area contributed by atoms with E-state index in [-0.39, 0.29) is 18.2 Å². The third-order valence-electron chi connectivity index (χ3n) is 2.49. The lowest BCUT2D eigenvalue weighted by Crippen LogP contribution is -2.03. The van der Waals surface area contributed by atoms with Gasteiger partial charge in [0.2, 0.25) is 5.78 Å². The quantitative estimate of drug-likeness (QED) is 0.627. The molecule has 4 heteroatoms. The molecule has 0 amide bonds. The van der Waals surface area contributed by atoms with E-state index in [0.29, 0.717) is 10.4 Å². The first kappa shape index (κ1) is 12.5. The van der Waals surface area contributed by atoms with Crippen molar-refractivity contribution in [2.24, 2.45) is 0 Å². The molecule has 92 valence electrons. The maximum absolute atomic E-state index is 12.1. The second kappa shape index (κ2) is 5.60. The first-order valence-corrected chi connectivity index (χ1v) is 6.32. The Balaban J connectivity index is 2.15. The number of thiophene rings is 1. The van der Waals surface area contributed by atoms with E-state index in [0.717, 1.165) is 5.56 Å². The van der Waals surface area contributed by atoms with Crippen LogP contribution >= 0.6 is 11.3 Å². The second-order valence-corrected chi connectivity index (χ2v) is 4.68. The molecule has 1 heterocycles. The molecule has 0 aliphatic carbocycles. The number of ketones is 1. The van der Waals surface area contributed by atoms with Crippen molar-refractivity contribution in [3.05, 3.63) is 57.8 Å². The fourth-order valence-electron chi connectivity index (χ4n) is 1.56. The van der Waals surface area contributed by atoms with E-state index in [9.17, 15) is 9.59 Å². The van der Waals surface area contributed by atoms with Crippen LogP contribution < -0.4 is 0 Å². The molecule has 0 unspecified atom stereocenters. The van der Waals surface area contributed by atoms with Gasteiger partial charge < -0.3 is 4.74 Å². The molecule has 1 aromatic carbocycles. The van der Waals surface area contributed by atoms with E-state index in [2.05, 4.69) is 4.74 Å². The summed E-state index contributed by atoms with van der Waals surface area (Å²) >= 11 is 1.35. The van der Waals surface area contributed by atoms with E-state index in [4.69, 9.17) is 0 Å². The lowest BCUT2D eigenvalue weighted by molar-refractivity contribution is -0.139. The molecule has 2 aromatic rings. The van der Waals surface area contributed by atoms with Crippen molar-refractivity contribution >= 4 is 23.1 Å². The van der Waals surface area contributed by atoms with E-state index < -0.39 is 0 Å². The van der Waals surface area contributed by atoms with Crippen LogP contribution in [0.4, 0.5) is 0 Å². The van der Waals surface area contributed by atoms with Crippen molar-refractivity contribution in [3.63, 3.8) is 0 Å². The van der Waals surface area contributed by atoms with E-state index in [1.807, 2.05) is 23.6 Å². The smallest absolute Gasteiger partial charge is 0.310 e. The first-order chi connectivity index (χ1) is 8.70. The number of benzene rings is 1. The largest absolute Gasteiger partial charge is 0.469 e. The molecule has 0 saturated heterocycles. The summed E-state index contributed by atoms with van der Waals surface area (Å²) in [6.45, 7) is 0. The molecular formula is C14H12O3S. The molecule has 2 rings (SSSR count). The zero-order valence-electron chi connectivity index (χ0n) is 9.88. The lowest BCUT2D eigenvalue weighted by atomic mass is 10.1. The maximum Gasteiger partial charge on any atom is 0.310 e. The van der Waals surface area contributed by atoms with E-state index in [1.54, 1.807) is 18.2 Å². The van der Waals surface area contributed by atoms with E-state index in [1.165, 1.54) is 18.4 Å². The van der Waals surface area contributed by atoms with Gasteiger partial charge in [-0.15, -0.1) is 11.3 Å². The van der Waals surface area contributed by atoms with Gasteiger partial charge in [-0.3, -0.25) is 9.59 Å². The molecule has 0 atom stereocenters. The molecule has 0 aliphatic rings. The molecule has 1 aromatic heterocycles. The Morgan fingerprint density at radius 3 is 2.61 bits per heavy atom. The number of esters is 1. The summed E-state index contributed by atoms with van der Waals surface area (Å²) in [5.74, 6) is -0.316. The zero-order chi connectivity index (χ0) is 13.0. The Morgan fingerprint density at radius 1 is 1.22 bits per heavy atom. The summed E-state index contributed by atoms with van der Waals surface area (Å²) in [7, 11) is 1.35. The number of carbonyl (C=O) groups is 2. The maximum atomic E-state index is 12.1. The summed E-state index contributed by atoms with van der Waals surface area (Å²) < 4.78 is 4.59. The van der Waals surface area contributed by atoms with Crippen molar-refractivity contribution in [1.29, 1.82) is 0 Å². The van der Waals surface area contributed by atoms with Gasteiger partial charge in [-0.1, -0.05) is 30.3 Å². The van der Waals surface area contributed by atoms with Crippen molar-refractivity contribution in [2.45, 2.75) is 6.42 Å². The summed E-state index contributed by atoms with van der Waals surface area (Å²) in [5, 5.41) is 1.81. The highest BCUT2D eigenvalue weighted by molar-refractivity contribution is 7.12. The van der Waals surface area contributed by atoms with Crippen LogP contribution in [0, 0.1) is 0 Å². The molecule has 0 radical (unpaired) electrons. The van der Waals surface area contributed by atoms with Gasteiger partial charge in [0.25, 0.3) is 0 Å². The number of ether oxygens (including phenoxy) is 1. The minimum absolute atomic E-state index is 0.0169. The normalized spacial score (nSPS) is 10.1. The summed E-state index contributed by atoms with van der Waals surface area (Å²) in [6, 6.07) is 10.8. The monoisotopic (exact) mass is 260 g/mol. The van der Waals surface area contributed by atoms with Gasteiger partial charge in [0.1, 0.15) is 0 Å². The fraction of sp³-hybridized carbons (Fsp3) is 0.143. The molecule has 0 saturated carbocycles. The van der Waals surface area contributed by atoms with E-state index >= 15 is 0 Å². The molecular weight excluding hydrogens is 248 g/mol. The summed E-state index contributed by atoms with van der Waals surface area (Å²) in [5.41, 5.74) is 1.47. The van der Waals surface area contributed by atoms with Crippen LogP contribution in [0.15, 0.2) is 41.8 Å². The van der Waals surface area contributed by atoms with Crippen LogP contribution in [0.2, 0.25) is 0 Å². The highest BCUT2D eigenvalue weighted by Gasteiger charge is 2.12. The Morgan fingerprint density at radius 2 is 1.94 bits per heavy atom. The predicted octanol–water partition coefficient (Wildman–Crippen LogP) is 2.69. The van der Waals surface area contributed by atoms with Crippen molar-refractivity contribution < 1.29 is 14.3 Å². The van der Waals surface area contributed by atoms with Gasteiger partial charge in [-0.25, -0.2) is 0 Å². The average Bonchev–Trinajstić information content (AvgIpc) is 2.87. The Hall–Kier alpha value is -1.94. The summed E-state index contributed by atoms with van der Waals surface area (Å²) in [4.78, 5) is 23.9. The topological polar surface area (TPSA) is 43.4 Å². The van der Waals surface area contributed by atoms with Crippen molar-refractivity contribution in [1.82, 2.24) is 0 Å². The van der Waals surface area contributed by atoms with Crippen LogP contribution in [-0.4, -0.2) is 18.9 Å².